The van der Waals surface area contributed by atoms with Gasteiger partial charge >= 0.3 is 5.97 Å². The van der Waals surface area contributed by atoms with E-state index in [-0.39, 0.29) is 5.97 Å². The fourth-order valence-electron chi connectivity index (χ4n) is 3.42. The molecule has 0 amide bonds. The number of aliphatic imine (C=N–C) groups is 1. The quantitative estimate of drug-likeness (QED) is 0.280. The van der Waals surface area contributed by atoms with Crippen LogP contribution in [-0.2, 0) is 9.53 Å². The number of carbonyl (C=O) groups is 1. The van der Waals surface area contributed by atoms with Crippen molar-refractivity contribution in [3.63, 3.8) is 0 Å². The molecular formula is C22H36N4O3. The first-order chi connectivity index (χ1) is 14.2. The Morgan fingerprint density at radius 3 is 2.34 bits per heavy atom. The molecule has 1 aromatic rings. The van der Waals surface area contributed by atoms with Crippen LogP contribution in [0.1, 0.15) is 39.0 Å². The largest absolute Gasteiger partial charge is 0.497 e. The fourth-order valence-corrected chi connectivity index (χ4v) is 3.42. The van der Waals surface area contributed by atoms with Gasteiger partial charge in [-0.2, -0.15) is 0 Å². The molecule has 0 radical (unpaired) electrons. The summed E-state index contributed by atoms with van der Waals surface area (Å²) in [7, 11) is 3.13. The third-order valence-corrected chi connectivity index (χ3v) is 5.13. The number of esters is 1. The maximum absolute atomic E-state index is 11.1. The molecule has 0 aromatic heterocycles. The molecule has 162 valence electrons. The number of rotatable bonds is 10. The lowest BCUT2D eigenvalue weighted by molar-refractivity contribution is -0.140. The number of piperazine rings is 1. The molecule has 7 nitrogen and oxygen atoms in total. The van der Waals surface area contributed by atoms with E-state index in [1.165, 1.54) is 12.8 Å². The zero-order valence-electron chi connectivity index (χ0n) is 18.2. The Labute approximate surface area is 175 Å². The lowest BCUT2D eigenvalue weighted by Gasteiger charge is -2.37. The summed E-state index contributed by atoms with van der Waals surface area (Å²) >= 11 is 0. The van der Waals surface area contributed by atoms with Gasteiger partial charge in [-0.05, 0) is 44.0 Å². The van der Waals surface area contributed by atoms with Crippen LogP contribution in [0.2, 0.25) is 0 Å². The van der Waals surface area contributed by atoms with E-state index < -0.39 is 0 Å². The third-order valence-electron chi connectivity index (χ3n) is 5.13. The highest BCUT2D eigenvalue weighted by Crippen LogP contribution is 2.20. The van der Waals surface area contributed by atoms with Crippen LogP contribution in [0, 0.1) is 0 Å². The minimum Gasteiger partial charge on any atom is -0.497 e. The molecule has 0 saturated carbocycles. The molecule has 2 rings (SSSR count). The van der Waals surface area contributed by atoms with Gasteiger partial charge in [-0.1, -0.05) is 12.8 Å². The zero-order valence-corrected chi connectivity index (χ0v) is 18.2. The van der Waals surface area contributed by atoms with Crippen LogP contribution in [0.25, 0.3) is 0 Å². The molecule has 0 unspecified atom stereocenters. The highest BCUT2D eigenvalue weighted by molar-refractivity contribution is 5.80. The summed E-state index contributed by atoms with van der Waals surface area (Å²) in [6, 6.07) is 8.26. The first kappa shape index (κ1) is 22.8. The Kier molecular flexibility index (Phi) is 10.2. The molecule has 0 bridgehead atoms. The summed E-state index contributed by atoms with van der Waals surface area (Å²) in [5.74, 6) is 1.78. The van der Waals surface area contributed by atoms with Gasteiger partial charge in [-0.15, -0.1) is 0 Å². The van der Waals surface area contributed by atoms with E-state index in [0.29, 0.717) is 6.42 Å². The number of guanidine groups is 1. The van der Waals surface area contributed by atoms with Gasteiger partial charge in [0, 0.05) is 51.4 Å². The number of unbranched alkanes of at least 4 members (excludes halogenated alkanes) is 3. The van der Waals surface area contributed by atoms with E-state index in [0.717, 1.165) is 76.7 Å². The van der Waals surface area contributed by atoms with Gasteiger partial charge in [0.05, 0.1) is 14.2 Å². The topological polar surface area (TPSA) is 66.4 Å². The number of ether oxygens (including phenoxy) is 2. The molecule has 1 heterocycles. The minimum absolute atomic E-state index is 0.119. The molecule has 0 aliphatic carbocycles. The van der Waals surface area contributed by atoms with E-state index >= 15 is 0 Å². The van der Waals surface area contributed by atoms with Crippen molar-refractivity contribution < 1.29 is 14.3 Å². The smallest absolute Gasteiger partial charge is 0.305 e. The molecule has 1 saturated heterocycles. The predicted molar refractivity (Wildman–Crippen MR) is 118 cm³/mol. The number of benzene rings is 1. The van der Waals surface area contributed by atoms with Crippen molar-refractivity contribution in [3.05, 3.63) is 24.3 Å². The average Bonchev–Trinajstić information content (AvgIpc) is 2.77. The molecule has 1 aliphatic rings. The normalized spacial score (nSPS) is 14.7. The highest BCUT2D eigenvalue weighted by atomic mass is 16.5. The molecule has 1 aliphatic heterocycles. The summed E-state index contributed by atoms with van der Waals surface area (Å²) < 4.78 is 9.91. The van der Waals surface area contributed by atoms with Crippen LogP contribution in [0.3, 0.4) is 0 Å². The van der Waals surface area contributed by atoms with Gasteiger partial charge in [-0.25, -0.2) is 0 Å². The maximum Gasteiger partial charge on any atom is 0.305 e. The summed E-state index contributed by atoms with van der Waals surface area (Å²) in [4.78, 5) is 20.7. The molecule has 0 spiro atoms. The molecule has 7 heteroatoms. The van der Waals surface area contributed by atoms with Crippen molar-refractivity contribution in [1.82, 2.24) is 10.2 Å². The van der Waals surface area contributed by atoms with E-state index in [2.05, 4.69) is 38.9 Å². The third kappa shape index (κ3) is 7.83. The van der Waals surface area contributed by atoms with Crippen molar-refractivity contribution in [1.29, 1.82) is 0 Å². The lowest BCUT2D eigenvalue weighted by Crippen LogP contribution is -2.52. The number of carbonyl (C=O) groups excluding carboxylic acids is 1. The van der Waals surface area contributed by atoms with Crippen molar-refractivity contribution in [3.8, 4) is 5.75 Å². The van der Waals surface area contributed by atoms with Gasteiger partial charge < -0.3 is 24.6 Å². The predicted octanol–water partition coefficient (Wildman–Crippen LogP) is 2.91. The molecule has 29 heavy (non-hydrogen) atoms. The standard InChI is InChI=1S/C22H36N4O3/c1-4-23-22(24-14-8-6-5-7-9-21(27)29-3)26-17-15-25(16-18-26)19-10-12-20(28-2)13-11-19/h10-13H,4-9,14-18H2,1-3H3,(H,23,24). The number of methoxy groups -OCH3 is 2. The molecule has 1 fully saturated rings. The lowest BCUT2D eigenvalue weighted by atomic mass is 10.1. The summed E-state index contributed by atoms with van der Waals surface area (Å²) in [5.41, 5.74) is 1.24. The number of nitrogens with one attached hydrogen (secondary N) is 1. The number of hydrogen-bond donors (Lipinski definition) is 1. The number of hydrogen-bond acceptors (Lipinski definition) is 5. The van der Waals surface area contributed by atoms with Crippen LogP contribution in [0.4, 0.5) is 5.69 Å². The van der Waals surface area contributed by atoms with Gasteiger partial charge in [0.2, 0.25) is 0 Å². The molecular weight excluding hydrogens is 368 g/mol. The van der Waals surface area contributed by atoms with E-state index in [9.17, 15) is 4.79 Å². The van der Waals surface area contributed by atoms with Crippen LogP contribution < -0.4 is 15.0 Å². The Morgan fingerprint density at radius 1 is 1.03 bits per heavy atom. The second kappa shape index (κ2) is 12.9. The van der Waals surface area contributed by atoms with Gasteiger partial charge in [0.15, 0.2) is 5.96 Å². The summed E-state index contributed by atoms with van der Waals surface area (Å²) in [5, 5.41) is 3.43. The Bertz CT molecular complexity index is 625. The van der Waals surface area contributed by atoms with Gasteiger partial charge in [-0.3, -0.25) is 9.79 Å². The van der Waals surface area contributed by atoms with Crippen molar-refractivity contribution in [2.75, 3.05) is 58.4 Å². The highest BCUT2D eigenvalue weighted by Gasteiger charge is 2.19. The Morgan fingerprint density at radius 2 is 1.72 bits per heavy atom. The molecule has 0 atom stereocenters. The fraction of sp³-hybridized carbons (Fsp3) is 0.636. The Hall–Kier alpha value is -2.44. The SMILES string of the molecule is CCNC(=NCCCCCCC(=O)OC)N1CCN(c2ccc(OC)cc2)CC1. The summed E-state index contributed by atoms with van der Waals surface area (Å²) in [6.45, 7) is 7.66. The van der Waals surface area contributed by atoms with E-state index in [1.807, 2.05) is 12.1 Å². The zero-order chi connectivity index (χ0) is 20.9. The second-order valence-electron chi connectivity index (χ2n) is 7.15. The van der Waals surface area contributed by atoms with E-state index in [1.54, 1.807) is 7.11 Å². The number of nitrogens with zero attached hydrogens (tertiary/aromatic N) is 3. The summed E-state index contributed by atoms with van der Waals surface area (Å²) in [6.07, 6.45) is 4.58. The molecule has 1 N–H and O–H groups in total. The van der Waals surface area contributed by atoms with Crippen molar-refractivity contribution in [2.45, 2.75) is 39.0 Å². The molecule has 1 aromatic carbocycles. The van der Waals surface area contributed by atoms with Crippen LogP contribution in [-0.4, -0.2) is 70.3 Å². The number of anilines is 1. The van der Waals surface area contributed by atoms with Crippen molar-refractivity contribution >= 4 is 17.6 Å². The first-order valence-electron chi connectivity index (χ1n) is 10.7. The van der Waals surface area contributed by atoms with Crippen LogP contribution in [0.5, 0.6) is 5.75 Å². The second-order valence-corrected chi connectivity index (χ2v) is 7.15. The van der Waals surface area contributed by atoms with Crippen molar-refractivity contribution in [2.24, 2.45) is 4.99 Å². The minimum atomic E-state index is -0.119. The monoisotopic (exact) mass is 404 g/mol. The van der Waals surface area contributed by atoms with E-state index in [4.69, 9.17) is 9.73 Å². The van der Waals surface area contributed by atoms with Gasteiger partial charge in [0.1, 0.15) is 5.75 Å². The first-order valence-corrected chi connectivity index (χ1v) is 10.7. The average molecular weight is 405 g/mol. The Balaban J connectivity index is 1.74. The maximum atomic E-state index is 11.1. The van der Waals surface area contributed by atoms with Crippen LogP contribution in [0.15, 0.2) is 29.3 Å². The van der Waals surface area contributed by atoms with Gasteiger partial charge in [0.25, 0.3) is 0 Å². The van der Waals surface area contributed by atoms with Crippen LogP contribution >= 0.6 is 0 Å².